The molecule has 1 aromatic heterocycles. The Balaban J connectivity index is 1.72. The van der Waals surface area contributed by atoms with Crippen molar-refractivity contribution in [2.24, 2.45) is 0 Å². The van der Waals surface area contributed by atoms with Gasteiger partial charge in [0.25, 0.3) is 0 Å². The first-order valence-electron chi connectivity index (χ1n) is 8.56. The van der Waals surface area contributed by atoms with E-state index >= 15 is 0 Å². The molecule has 26 heavy (non-hydrogen) atoms. The third kappa shape index (κ3) is 2.54. The van der Waals surface area contributed by atoms with E-state index in [0.29, 0.717) is 0 Å². The Morgan fingerprint density at radius 2 is 1.58 bits per heavy atom. The Hall–Kier alpha value is -2.85. The molecule has 3 aromatic carbocycles. The average Bonchev–Trinajstić information content (AvgIpc) is 3.07. The number of rotatable bonds is 2. The van der Waals surface area contributed by atoms with E-state index in [9.17, 15) is 0 Å². The molecule has 0 amide bonds. The number of benzene rings is 3. The first-order valence-corrected chi connectivity index (χ1v) is 9.35. The number of halogens is 1. The predicted molar refractivity (Wildman–Crippen MR) is 110 cm³/mol. The van der Waals surface area contributed by atoms with Crippen LogP contribution in [0.25, 0.3) is 16.7 Å². The summed E-state index contributed by atoms with van der Waals surface area (Å²) in [5, 5.41) is 3.52. The summed E-state index contributed by atoms with van der Waals surface area (Å²) < 4.78 is 3.34. The molecule has 0 bridgehead atoms. The van der Waals surface area contributed by atoms with Gasteiger partial charge in [-0.05, 0) is 41.5 Å². The molecule has 3 nitrogen and oxygen atoms in total. The van der Waals surface area contributed by atoms with E-state index < -0.39 is 0 Å². The van der Waals surface area contributed by atoms with Crippen LogP contribution in [0, 0.1) is 0 Å². The van der Waals surface area contributed by atoms with Gasteiger partial charge < -0.3 is 5.32 Å². The molecule has 4 aromatic rings. The van der Waals surface area contributed by atoms with Crippen LogP contribution in [-0.4, -0.2) is 9.55 Å². The number of anilines is 1. The number of aromatic nitrogens is 2. The summed E-state index contributed by atoms with van der Waals surface area (Å²) in [7, 11) is 0. The second-order valence-electron chi connectivity index (χ2n) is 6.36. The molecule has 1 aliphatic rings. The smallest absolute Gasteiger partial charge is 0.209 e. The summed E-state index contributed by atoms with van der Waals surface area (Å²) in [6.07, 6.45) is 2.28. The molecule has 126 valence electrons. The van der Waals surface area contributed by atoms with E-state index in [2.05, 4.69) is 105 Å². The fourth-order valence-electron chi connectivity index (χ4n) is 3.50. The maximum absolute atomic E-state index is 4.82. The third-order valence-corrected chi connectivity index (χ3v) is 5.27. The van der Waals surface area contributed by atoms with Crippen molar-refractivity contribution in [2.45, 2.75) is 6.04 Å². The summed E-state index contributed by atoms with van der Waals surface area (Å²) in [6, 6.07) is 27.3. The number of allylic oxidation sites excluding steroid dienone is 1. The van der Waals surface area contributed by atoms with E-state index in [0.717, 1.165) is 32.7 Å². The highest BCUT2D eigenvalue weighted by atomic mass is 79.9. The van der Waals surface area contributed by atoms with Crippen molar-refractivity contribution in [3.63, 3.8) is 0 Å². The second-order valence-corrected chi connectivity index (χ2v) is 7.28. The Labute approximate surface area is 160 Å². The number of nitrogens with one attached hydrogen (secondary N) is 1. The molecule has 0 fully saturated rings. The lowest BCUT2D eigenvalue weighted by molar-refractivity contribution is 0.720. The minimum atomic E-state index is 0.0958. The molecule has 1 aliphatic heterocycles. The molecule has 0 aliphatic carbocycles. The monoisotopic (exact) mass is 401 g/mol. The van der Waals surface area contributed by atoms with Crippen LogP contribution in [0.15, 0.2) is 89.4 Å². The van der Waals surface area contributed by atoms with Crippen LogP contribution in [0.1, 0.15) is 17.2 Å². The standard InChI is InChI=1S/C22H16BrN3/c23-17-12-10-15(11-13-17)19-14-21(16-6-2-1-3-7-16)26-20-9-5-4-8-18(20)24-22(26)25-19/h1-14,21H,(H,24,25)/t21-/m1/s1. The number of para-hydroxylation sites is 2. The molecule has 1 atom stereocenters. The van der Waals surface area contributed by atoms with E-state index in [1.807, 2.05) is 6.07 Å². The SMILES string of the molecule is Brc1ccc(C2=C[C@H](c3ccccc3)n3c(nc4ccccc43)N2)cc1. The Morgan fingerprint density at radius 1 is 0.846 bits per heavy atom. The first kappa shape index (κ1) is 15.4. The quantitative estimate of drug-likeness (QED) is 0.456. The number of nitrogens with zero attached hydrogens (tertiary/aromatic N) is 2. The van der Waals surface area contributed by atoms with E-state index in [1.165, 1.54) is 5.56 Å². The van der Waals surface area contributed by atoms with Gasteiger partial charge in [-0.25, -0.2) is 4.98 Å². The van der Waals surface area contributed by atoms with E-state index in [1.54, 1.807) is 0 Å². The molecule has 0 saturated carbocycles. The van der Waals surface area contributed by atoms with E-state index in [4.69, 9.17) is 4.98 Å². The zero-order valence-corrected chi connectivity index (χ0v) is 15.5. The van der Waals surface area contributed by atoms with Crippen molar-refractivity contribution >= 4 is 38.6 Å². The highest BCUT2D eigenvalue weighted by Crippen LogP contribution is 2.36. The van der Waals surface area contributed by atoms with Crippen LogP contribution in [0.4, 0.5) is 5.95 Å². The Kier molecular flexibility index (Phi) is 3.64. The van der Waals surface area contributed by atoms with Gasteiger partial charge in [-0.3, -0.25) is 4.57 Å². The van der Waals surface area contributed by atoms with Crippen LogP contribution in [0.2, 0.25) is 0 Å². The van der Waals surface area contributed by atoms with Gasteiger partial charge in [-0.1, -0.05) is 70.5 Å². The molecule has 0 radical (unpaired) electrons. The van der Waals surface area contributed by atoms with Crippen LogP contribution >= 0.6 is 15.9 Å². The molecule has 1 N–H and O–H groups in total. The lowest BCUT2D eigenvalue weighted by Crippen LogP contribution is -2.19. The second kappa shape index (κ2) is 6.15. The highest BCUT2D eigenvalue weighted by Gasteiger charge is 2.25. The molecule has 0 saturated heterocycles. The van der Waals surface area contributed by atoms with Gasteiger partial charge in [0.2, 0.25) is 5.95 Å². The van der Waals surface area contributed by atoms with Gasteiger partial charge in [0.05, 0.1) is 17.1 Å². The van der Waals surface area contributed by atoms with Crippen LogP contribution in [0.5, 0.6) is 0 Å². The van der Waals surface area contributed by atoms with Crippen LogP contribution in [0.3, 0.4) is 0 Å². The van der Waals surface area contributed by atoms with Crippen molar-refractivity contribution < 1.29 is 0 Å². The van der Waals surface area contributed by atoms with Crippen molar-refractivity contribution in [2.75, 3.05) is 5.32 Å². The van der Waals surface area contributed by atoms with Crippen LogP contribution in [-0.2, 0) is 0 Å². The van der Waals surface area contributed by atoms with Crippen molar-refractivity contribution in [1.29, 1.82) is 0 Å². The Bertz CT molecular complexity index is 1110. The zero-order valence-electron chi connectivity index (χ0n) is 13.9. The third-order valence-electron chi connectivity index (χ3n) is 4.74. The summed E-state index contributed by atoms with van der Waals surface area (Å²) >= 11 is 3.51. The van der Waals surface area contributed by atoms with Gasteiger partial charge in [0, 0.05) is 10.2 Å². The molecule has 2 heterocycles. The highest BCUT2D eigenvalue weighted by molar-refractivity contribution is 9.10. The fourth-order valence-corrected chi connectivity index (χ4v) is 3.77. The molecule has 0 unspecified atom stereocenters. The summed E-state index contributed by atoms with van der Waals surface area (Å²) in [5.41, 5.74) is 5.60. The maximum Gasteiger partial charge on any atom is 0.209 e. The van der Waals surface area contributed by atoms with Crippen molar-refractivity contribution in [3.8, 4) is 0 Å². The minimum Gasteiger partial charge on any atom is -0.325 e. The lowest BCUT2D eigenvalue weighted by Gasteiger charge is -2.26. The normalized spacial score (nSPS) is 16.0. The number of hydrogen-bond acceptors (Lipinski definition) is 2. The maximum atomic E-state index is 4.82. The molecular formula is C22H16BrN3. The molecule has 4 heteroatoms. The summed E-state index contributed by atoms with van der Waals surface area (Å²) in [5.74, 6) is 0.875. The van der Waals surface area contributed by atoms with Gasteiger partial charge in [-0.2, -0.15) is 0 Å². The predicted octanol–water partition coefficient (Wildman–Crippen LogP) is 5.85. The van der Waals surface area contributed by atoms with Gasteiger partial charge in [0.15, 0.2) is 0 Å². The van der Waals surface area contributed by atoms with E-state index in [-0.39, 0.29) is 6.04 Å². The van der Waals surface area contributed by atoms with Gasteiger partial charge >= 0.3 is 0 Å². The topological polar surface area (TPSA) is 29.9 Å². The molecule has 0 spiro atoms. The molecule has 5 rings (SSSR count). The van der Waals surface area contributed by atoms with Crippen molar-refractivity contribution in [3.05, 3.63) is 101 Å². The largest absolute Gasteiger partial charge is 0.325 e. The van der Waals surface area contributed by atoms with Crippen molar-refractivity contribution in [1.82, 2.24) is 9.55 Å². The number of hydrogen-bond donors (Lipinski definition) is 1. The summed E-state index contributed by atoms with van der Waals surface area (Å²) in [4.78, 5) is 4.82. The minimum absolute atomic E-state index is 0.0958. The summed E-state index contributed by atoms with van der Waals surface area (Å²) in [6.45, 7) is 0. The molecular weight excluding hydrogens is 386 g/mol. The average molecular weight is 402 g/mol. The lowest BCUT2D eigenvalue weighted by atomic mass is 10.0. The number of fused-ring (bicyclic) bond motifs is 3. The van der Waals surface area contributed by atoms with Gasteiger partial charge in [-0.15, -0.1) is 0 Å². The zero-order chi connectivity index (χ0) is 17.5. The fraction of sp³-hybridized carbons (Fsp3) is 0.0455. The van der Waals surface area contributed by atoms with Gasteiger partial charge in [0.1, 0.15) is 0 Å². The van der Waals surface area contributed by atoms with Crippen LogP contribution < -0.4 is 5.32 Å². The first-order chi connectivity index (χ1) is 12.8. The number of imidazole rings is 1. The Morgan fingerprint density at radius 3 is 2.38 bits per heavy atom.